The lowest BCUT2D eigenvalue weighted by atomic mass is 10.2. The number of halogens is 1. The smallest absolute Gasteiger partial charge is 0.274 e. The number of benzene rings is 1. The molecule has 0 aliphatic carbocycles. The van der Waals surface area contributed by atoms with Crippen molar-refractivity contribution in [3.8, 4) is 11.5 Å². The van der Waals surface area contributed by atoms with Crippen molar-refractivity contribution in [3.63, 3.8) is 0 Å². The van der Waals surface area contributed by atoms with Gasteiger partial charge in [-0.05, 0) is 18.1 Å². The van der Waals surface area contributed by atoms with Gasteiger partial charge in [0.25, 0.3) is 5.91 Å². The molecule has 0 saturated carbocycles. The number of carbonyl (C=O) groups excluding carboxylic acids is 1. The van der Waals surface area contributed by atoms with Crippen LogP contribution in [0.4, 0.5) is 11.4 Å². The average molecular weight is 364 g/mol. The first kappa shape index (κ1) is 18.9. The molecular formula is C18H22ClN3O3. The Morgan fingerprint density at radius 2 is 1.92 bits per heavy atom. The first-order valence-corrected chi connectivity index (χ1v) is 8.25. The highest BCUT2D eigenvalue weighted by Crippen LogP contribution is 2.36. The van der Waals surface area contributed by atoms with Crippen molar-refractivity contribution in [2.24, 2.45) is 5.92 Å². The van der Waals surface area contributed by atoms with Gasteiger partial charge in [0.05, 0.1) is 24.9 Å². The van der Waals surface area contributed by atoms with Crippen molar-refractivity contribution in [2.75, 3.05) is 31.4 Å². The highest BCUT2D eigenvalue weighted by atomic mass is 35.5. The SMILES string of the molecule is COc1cc(NC(=O)c2cc(NCC(C)C)ccn2)c(OC)cc1Cl. The third-order valence-electron chi connectivity index (χ3n) is 3.43. The molecule has 0 bridgehead atoms. The van der Waals surface area contributed by atoms with Gasteiger partial charge in [0.1, 0.15) is 17.2 Å². The molecule has 2 aromatic rings. The van der Waals surface area contributed by atoms with Crippen LogP contribution in [0, 0.1) is 5.92 Å². The summed E-state index contributed by atoms with van der Waals surface area (Å²) in [5.74, 6) is 1.03. The van der Waals surface area contributed by atoms with Gasteiger partial charge in [-0.2, -0.15) is 0 Å². The van der Waals surface area contributed by atoms with Crippen LogP contribution in [0.5, 0.6) is 11.5 Å². The second kappa shape index (κ2) is 8.58. The Morgan fingerprint density at radius 3 is 2.56 bits per heavy atom. The molecule has 1 aromatic heterocycles. The van der Waals surface area contributed by atoms with E-state index in [0.29, 0.717) is 33.8 Å². The number of rotatable bonds is 7. The summed E-state index contributed by atoms with van der Waals surface area (Å²) in [5, 5.41) is 6.45. The third kappa shape index (κ3) is 5.00. The van der Waals surface area contributed by atoms with Crippen molar-refractivity contribution in [1.82, 2.24) is 4.98 Å². The number of aromatic nitrogens is 1. The lowest BCUT2D eigenvalue weighted by Gasteiger charge is -2.13. The van der Waals surface area contributed by atoms with Gasteiger partial charge in [-0.25, -0.2) is 0 Å². The Hall–Kier alpha value is -2.47. The van der Waals surface area contributed by atoms with Crippen molar-refractivity contribution in [2.45, 2.75) is 13.8 Å². The summed E-state index contributed by atoms with van der Waals surface area (Å²) in [4.78, 5) is 16.7. The topological polar surface area (TPSA) is 72.5 Å². The fourth-order valence-electron chi connectivity index (χ4n) is 2.13. The van der Waals surface area contributed by atoms with E-state index in [1.807, 2.05) is 6.07 Å². The summed E-state index contributed by atoms with van der Waals surface area (Å²) in [6, 6.07) is 6.73. The second-order valence-corrected chi connectivity index (χ2v) is 6.25. The van der Waals surface area contributed by atoms with Gasteiger partial charge in [0, 0.05) is 30.6 Å². The summed E-state index contributed by atoms with van der Waals surface area (Å²) in [5.41, 5.74) is 1.59. The van der Waals surface area contributed by atoms with E-state index < -0.39 is 0 Å². The predicted octanol–water partition coefficient (Wildman–Crippen LogP) is 4.07. The van der Waals surface area contributed by atoms with Gasteiger partial charge in [0.15, 0.2) is 0 Å². The number of methoxy groups -OCH3 is 2. The van der Waals surface area contributed by atoms with E-state index >= 15 is 0 Å². The Kier molecular flexibility index (Phi) is 6.47. The number of nitrogens with zero attached hydrogens (tertiary/aromatic N) is 1. The molecule has 0 aliphatic rings. The number of hydrogen-bond donors (Lipinski definition) is 2. The molecule has 0 saturated heterocycles. The minimum atomic E-state index is -0.351. The molecule has 0 aliphatic heterocycles. The zero-order valence-electron chi connectivity index (χ0n) is 14.7. The number of carbonyl (C=O) groups is 1. The Morgan fingerprint density at radius 1 is 1.20 bits per heavy atom. The molecule has 2 N–H and O–H groups in total. The molecule has 25 heavy (non-hydrogen) atoms. The fraction of sp³-hybridized carbons (Fsp3) is 0.333. The number of pyridine rings is 1. The summed E-state index contributed by atoms with van der Waals surface area (Å²) in [7, 11) is 3.01. The quantitative estimate of drug-likeness (QED) is 0.775. The van der Waals surface area contributed by atoms with E-state index in [2.05, 4.69) is 29.5 Å². The summed E-state index contributed by atoms with van der Waals surface area (Å²) in [6.07, 6.45) is 1.59. The minimum absolute atomic E-state index is 0.296. The lowest BCUT2D eigenvalue weighted by molar-refractivity contribution is 0.102. The lowest BCUT2D eigenvalue weighted by Crippen LogP contribution is -2.15. The molecule has 134 valence electrons. The molecule has 0 spiro atoms. The maximum absolute atomic E-state index is 12.5. The van der Waals surface area contributed by atoms with Crippen LogP contribution >= 0.6 is 11.6 Å². The Balaban J connectivity index is 2.21. The number of nitrogens with one attached hydrogen (secondary N) is 2. The molecular weight excluding hydrogens is 342 g/mol. The molecule has 1 heterocycles. The minimum Gasteiger partial charge on any atom is -0.495 e. The molecule has 7 heteroatoms. The van der Waals surface area contributed by atoms with Crippen LogP contribution in [0.15, 0.2) is 30.5 Å². The van der Waals surface area contributed by atoms with Crippen molar-refractivity contribution in [3.05, 3.63) is 41.2 Å². The van der Waals surface area contributed by atoms with Crippen molar-refractivity contribution >= 4 is 28.9 Å². The number of amides is 1. The average Bonchev–Trinajstić information content (AvgIpc) is 2.61. The monoisotopic (exact) mass is 363 g/mol. The molecule has 2 rings (SSSR count). The molecule has 1 aromatic carbocycles. The van der Waals surface area contributed by atoms with E-state index in [9.17, 15) is 4.79 Å². The highest BCUT2D eigenvalue weighted by molar-refractivity contribution is 6.32. The molecule has 1 amide bonds. The zero-order valence-corrected chi connectivity index (χ0v) is 15.5. The van der Waals surface area contributed by atoms with Gasteiger partial charge in [0.2, 0.25) is 0 Å². The second-order valence-electron chi connectivity index (χ2n) is 5.85. The number of hydrogen-bond acceptors (Lipinski definition) is 5. The zero-order chi connectivity index (χ0) is 18.4. The van der Waals surface area contributed by atoms with Crippen molar-refractivity contribution < 1.29 is 14.3 Å². The summed E-state index contributed by atoms with van der Waals surface area (Å²) in [6.45, 7) is 5.04. The van der Waals surface area contributed by atoms with Crippen molar-refractivity contribution in [1.29, 1.82) is 0 Å². The first-order valence-electron chi connectivity index (χ1n) is 7.87. The van der Waals surface area contributed by atoms with E-state index in [0.717, 1.165) is 12.2 Å². The molecule has 0 radical (unpaired) electrons. The molecule has 0 fully saturated rings. The highest BCUT2D eigenvalue weighted by Gasteiger charge is 2.15. The largest absolute Gasteiger partial charge is 0.495 e. The molecule has 0 unspecified atom stereocenters. The number of anilines is 2. The van der Waals surface area contributed by atoms with Gasteiger partial charge in [-0.1, -0.05) is 25.4 Å². The fourth-order valence-corrected chi connectivity index (χ4v) is 2.36. The standard InChI is InChI=1S/C18H22ClN3O3/c1-11(2)10-21-12-5-6-20-15(7-12)18(23)22-14-9-16(24-3)13(19)8-17(14)25-4/h5-9,11H,10H2,1-4H3,(H,20,21)(H,22,23). The van der Waals surface area contributed by atoms with Crippen LogP contribution in [0.2, 0.25) is 5.02 Å². The van der Waals surface area contributed by atoms with Gasteiger partial charge < -0.3 is 20.1 Å². The van der Waals surface area contributed by atoms with E-state index in [1.54, 1.807) is 24.4 Å². The van der Waals surface area contributed by atoms with Crippen LogP contribution < -0.4 is 20.1 Å². The van der Waals surface area contributed by atoms with Crippen LogP contribution in [-0.2, 0) is 0 Å². The van der Waals surface area contributed by atoms with Gasteiger partial charge >= 0.3 is 0 Å². The van der Waals surface area contributed by atoms with Crippen LogP contribution in [0.3, 0.4) is 0 Å². The molecule has 0 atom stereocenters. The maximum Gasteiger partial charge on any atom is 0.274 e. The maximum atomic E-state index is 12.5. The van der Waals surface area contributed by atoms with Gasteiger partial charge in [-0.3, -0.25) is 9.78 Å². The third-order valence-corrected chi connectivity index (χ3v) is 3.72. The van der Waals surface area contributed by atoms with E-state index in [-0.39, 0.29) is 5.91 Å². The Labute approximate surface area is 152 Å². The summed E-state index contributed by atoms with van der Waals surface area (Å²) < 4.78 is 10.4. The first-order chi connectivity index (χ1) is 11.9. The van der Waals surface area contributed by atoms with Crippen LogP contribution in [-0.4, -0.2) is 31.7 Å². The van der Waals surface area contributed by atoms with Crippen LogP contribution in [0.25, 0.3) is 0 Å². The van der Waals surface area contributed by atoms with Gasteiger partial charge in [-0.15, -0.1) is 0 Å². The van der Waals surface area contributed by atoms with E-state index in [4.69, 9.17) is 21.1 Å². The summed E-state index contributed by atoms with van der Waals surface area (Å²) >= 11 is 6.08. The predicted molar refractivity (Wildman–Crippen MR) is 100 cm³/mol. The normalized spacial score (nSPS) is 10.5. The number of ether oxygens (including phenoxy) is 2. The van der Waals surface area contributed by atoms with Crippen LogP contribution in [0.1, 0.15) is 24.3 Å². The Bertz CT molecular complexity index is 750. The molecule has 6 nitrogen and oxygen atoms in total. The van der Waals surface area contributed by atoms with E-state index in [1.165, 1.54) is 14.2 Å².